The van der Waals surface area contributed by atoms with Crippen molar-refractivity contribution in [2.24, 2.45) is 0 Å². The fourth-order valence-electron chi connectivity index (χ4n) is 4.20. The molecule has 2 atom stereocenters. The van der Waals surface area contributed by atoms with Gasteiger partial charge < -0.3 is 14.2 Å². The van der Waals surface area contributed by atoms with Crippen molar-refractivity contribution in [2.45, 2.75) is 109 Å². The molecule has 28 heavy (non-hydrogen) atoms. The number of ether oxygens (including phenoxy) is 3. The van der Waals surface area contributed by atoms with Crippen molar-refractivity contribution in [1.29, 1.82) is 0 Å². The van der Waals surface area contributed by atoms with Crippen LogP contribution in [0.25, 0.3) is 0 Å². The molecule has 1 saturated heterocycles. The summed E-state index contributed by atoms with van der Waals surface area (Å²) in [5.74, 6) is 0. The molecule has 2 rings (SSSR count). The van der Waals surface area contributed by atoms with Gasteiger partial charge in [0.1, 0.15) is 0 Å². The Hall–Kier alpha value is -0.900. The Morgan fingerprint density at radius 1 is 0.964 bits per heavy atom. The number of rotatable bonds is 15. The van der Waals surface area contributed by atoms with E-state index in [4.69, 9.17) is 14.2 Å². The van der Waals surface area contributed by atoms with Crippen molar-refractivity contribution in [3.63, 3.8) is 0 Å². The van der Waals surface area contributed by atoms with Crippen LogP contribution in [0.1, 0.15) is 96.0 Å². The lowest BCUT2D eigenvalue weighted by atomic mass is 9.88. The smallest absolute Gasteiger partial charge is 0.158 e. The molecule has 0 spiro atoms. The fourth-order valence-corrected chi connectivity index (χ4v) is 4.20. The molecule has 0 radical (unpaired) electrons. The Bertz CT molecular complexity index is 490. The van der Waals surface area contributed by atoms with Crippen LogP contribution in [0, 0.1) is 0 Å². The number of benzene rings is 1. The Labute approximate surface area is 173 Å². The van der Waals surface area contributed by atoms with Crippen molar-refractivity contribution in [2.75, 3.05) is 13.7 Å². The second kappa shape index (κ2) is 14.1. The monoisotopic (exact) mass is 390 g/mol. The summed E-state index contributed by atoms with van der Waals surface area (Å²) < 4.78 is 18.0. The molecule has 0 aromatic heterocycles. The summed E-state index contributed by atoms with van der Waals surface area (Å²) in [5, 5.41) is 0. The van der Waals surface area contributed by atoms with E-state index in [0.717, 1.165) is 25.7 Å². The molecule has 3 heteroatoms. The first-order valence-electron chi connectivity index (χ1n) is 11.6. The van der Waals surface area contributed by atoms with E-state index in [-0.39, 0.29) is 11.9 Å². The lowest BCUT2D eigenvalue weighted by molar-refractivity contribution is -0.244. The second-order valence-electron chi connectivity index (χ2n) is 8.42. The third kappa shape index (κ3) is 9.07. The zero-order chi connectivity index (χ0) is 19.9. The lowest BCUT2D eigenvalue weighted by Gasteiger charge is -2.40. The summed E-state index contributed by atoms with van der Waals surface area (Å²) in [6, 6.07) is 10.4. The molecule has 160 valence electrons. The summed E-state index contributed by atoms with van der Waals surface area (Å²) in [7, 11) is 1.75. The largest absolute Gasteiger partial charge is 0.374 e. The van der Waals surface area contributed by atoms with Crippen LogP contribution in [0.2, 0.25) is 0 Å². The fraction of sp³-hybridized carbons (Fsp3) is 0.760. The van der Waals surface area contributed by atoms with E-state index in [1.54, 1.807) is 7.11 Å². The summed E-state index contributed by atoms with van der Waals surface area (Å²) in [6.45, 7) is 3.60. The first kappa shape index (κ1) is 23.4. The maximum absolute atomic E-state index is 6.39. The highest BCUT2D eigenvalue weighted by molar-refractivity contribution is 5.13. The Kier molecular flexibility index (Phi) is 11.8. The molecule has 0 aliphatic carbocycles. The number of unbranched alkanes of at least 4 members (excludes halogenated alkanes) is 8. The van der Waals surface area contributed by atoms with Gasteiger partial charge in [0.25, 0.3) is 0 Å². The normalized spacial score (nSPS) is 22.4. The van der Waals surface area contributed by atoms with E-state index in [1.165, 1.54) is 63.4 Å². The summed E-state index contributed by atoms with van der Waals surface area (Å²) in [6.07, 6.45) is 16.4. The first-order valence-corrected chi connectivity index (χ1v) is 11.6. The molecule has 0 saturated carbocycles. The van der Waals surface area contributed by atoms with Gasteiger partial charge in [0.05, 0.1) is 18.8 Å². The molecule has 0 N–H and O–H groups in total. The Morgan fingerprint density at radius 3 is 2.32 bits per heavy atom. The third-order valence-electron chi connectivity index (χ3n) is 5.93. The predicted octanol–water partition coefficient (Wildman–Crippen LogP) is 7.04. The van der Waals surface area contributed by atoms with Crippen molar-refractivity contribution >= 4 is 0 Å². The Morgan fingerprint density at radius 2 is 1.64 bits per heavy atom. The van der Waals surface area contributed by atoms with Gasteiger partial charge in [0.15, 0.2) is 6.29 Å². The van der Waals surface area contributed by atoms with Crippen molar-refractivity contribution in [1.82, 2.24) is 0 Å². The average Bonchev–Trinajstić information content (AvgIpc) is 2.73. The van der Waals surface area contributed by atoms with Gasteiger partial charge in [-0.1, -0.05) is 95.0 Å². The van der Waals surface area contributed by atoms with Gasteiger partial charge in [-0.15, -0.1) is 0 Å². The van der Waals surface area contributed by atoms with Gasteiger partial charge in [0.2, 0.25) is 0 Å². The van der Waals surface area contributed by atoms with E-state index in [9.17, 15) is 0 Å². The van der Waals surface area contributed by atoms with Crippen LogP contribution < -0.4 is 0 Å². The number of methoxy groups -OCH3 is 1. The summed E-state index contributed by atoms with van der Waals surface area (Å²) >= 11 is 0. The maximum atomic E-state index is 6.39. The highest BCUT2D eigenvalue weighted by Crippen LogP contribution is 2.34. The van der Waals surface area contributed by atoms with E-state index >= 15 is 0 Å². The number of hydrogen-bond acceptors (Lipinski definition) is 3. The third-order valence-corrected chi connectivity index (χ3v) is 5.93. The lowest BCUT2D eigenvalue weighted by Crippen LogP contribution is -2.45. The summed E-state index contributed by atoms with van der Waals surface area (Å²) in [4.78, 5) is 0. The van der Waals surface area contributed by atoms with Crippen molar-refractivity contribution < 1.29 is 14.2 Å². The molecular weight excluding hydrogens is 348 g/mol. The molecule has 0 amide bonds. The topological polar surface area (TPSA) is 27.7 Å². The molecule has 1 aromatic carbocycles. The summed E-state index contributed by atoms with van der Waals surface area (Å²) in [5.41, 5.74) is 1.05. The van der Waals surface area contributed by atoms with E-state index in [1.807, 2.05) is 6.07 Å². The van der Waals surface area contributed by atoms with Crippen LogP contribution in [-0.2, 0) is 20.8 Å². The van der Waals surface area contributed by atoms with Crippen LogP contribution in [0.15, 0.2) is 30.3 Å². The number of hydrogen-bond donors (Lipinski definition) is 0. The zero-order valence-corrected chi connectivity index (χ0v) is 18.3. The molecular formula is C25H42O3. The molecule has 1 aliphatic rings. The molecule has 1 heterocycles. The highest BCUT2D eigenvalue weighted by Gasteiger charge is 2.37. The van der Waals surface area contributed by atoms with E-state index < -0.39 is 0 Å². The van der Waals surface area contributed by atoms with Crippen LogP contribution in [0.4, 0.5) is 0 Å². The highest BCUT2D eigenvalue weighted by atomic mass is 16.7. The molecule has 1 unspecified atom stereocenters. The van der Waals surface area contributed by atoms with Crippen LogP contribution in [-0.4, -0.2) is 25.6 Å². The van der Waals surface area contributed by atoms with Gasteiger partial charge in [-0.3, -0.25) is 0 Å². The molecule has 0 bridgehead atoms. The zero-order valence-electron chi connectivity index (χ0n) is 18.3. The van der Waals surface area contributed by atoms with Gasteiger partial charge in [-0.25, -0.2) is 0 Å². The Balaban J connectivity index is 1.71. The predicted molar refractivity (Wildman–Crippen MR) is 116 cm³/mol. The molecule has 1 aromatic rings. The van der Waals surface area contributed by atoms with Crippen LogP contribution in [0.3, 0.4) is 0 Å². The maximum Gasteiger partial charge on any atom is 0.158 e. The minimum Gasteiger partial charge on any atom is -0.374 e. The minimum atomic E-state index is -0.172. The van der Waals surface area contributed by atoms with Gasteiger partial charge >= 0.3 is 0 Å². The standard InChI is InChI=1S/C25H42O3/c1-3-4-5-6-7-8-9-10-14-19-25(20-15-18-24(26-2)28-25)22-27-21-23-16-12-11-13-17-23/h11-13,16-17,24H,3-10,14-15,18-22H2,1-2H3/t24?,25-/m1/s1. The van der Waals surface area contributed by atoms with Crippen LogP contribution >= 0.6 is 0 Å². The minimum absolute atomic E-state index is 0.0763. The van der Waals surface area contributed by atoms with Crippen LogP contribution in [0.5, 0.6) is 0 Å². The van der Waals surface area contributed by atoms with E-state index in [0.29, 0.717) is 13.2 Å². The van der Waals surface area contributed by atoms with Gasteiger partial charge in [0, 0.05) is 7.11 Å². The van der Waals surface area contributed by atoms with E-state index in [2.05, 4.69) is 31.2 Å². The van der Waals surface area contributed by atoms with Crippen molar-refractivity contribution in [3.8, 4) is 0 Å². The quantitative estimate of drug-likeness (QED) is 0.301. The molecule has 3 nitrogen and oxygen atoms in total. The first-order chi connectivity index (χ1) is 13.8. The second-order valence-corrected chi connectivity index (χ2v) is 8.42. The van der Waals surface area contributed by atoms with Gasteiger partial charge in [-0.05, 0) is 31.2 Å². The van der Waals surface area contributed by atoms with Crippen molar-refractivity contribution in [3.05, 3.63) is 35.9 Å². The van der Waals surface area contributed by atoms with Gasteiger partial charge in [-0.2, -0.15) is 0 Å². The molecule has 1 fully saturated rings. The SMILES string of the molecule is CCCCCCCCCCC[C@]1(COCc2ccccc2)CCCC(OC)O1. The average molecular weight is 391 g/mol. The molecule has 1 aliphatic heterocycles.